The summed E-state index contributed by atoms with van der Waals surface area (Å²) in [5.41, 5.74) is 0.545. The van der Waals surface area contributed by atoms with Gasteiger partial charge in [0.05, 0.1) is 4.90 Å². The van der Waals surface area contributed by atoms with E-state index in [0.29, 0.717) is 11.3 Å². The van der Waals surface area contributed by atoms with E-state index < -0.39 is 10.0 Å². The van der Waals surface area contributed by atoms with E-state index >= 15 is 0 Å². The minimum Gasteiger partial charge on any atom is -0.489 e. The molecule has 0 unspecified atom stereocenters. The van der Waals surface area contributed by atoms with Gasteiger partial charge in [-0.25, -0.2) is 13.6 Å². The molecule has 2 aromatic carbocycles. The Morgan fingerprint density at radius 2 is 1.56 bits per heavy atom. The molecule has 0 aromatic heterocycles. The summed E-state index contributed by atoms with van der Waals surface area (Å²) in [5, 5.41) is 5.14. The van der Waals surface area contributed by atoms with E-state index in [2.05, 4.69) is 0 Å². The Morgan fingerprint density at radius 3 is 2.22 bits per heavy atom. The fourth-order valence-electron chi connectivity index (χ4n) is 1.58. The van der Waals surface area contributed by atoms with Gasteiger partial charge in [-0.3, -0.25) is 0 Å². The molecule has 2 aromatic rings. The van der Waals surface area contributed by atoms with Crippen LogP contribution >= 0.6 is 0 Å². The van der Waals surface area contributed by atoms with Crippen LogP contribution in [0.2, 0.25) is 0 Å². The zero-order chi connectivity index (χ0) is 13.0. The molecule has 0 radical (unpaired) electrons. The Kier molecular flexibility index (Phi) is 3.64. The maximum Gasteiger partial charge on any atom is 0.238 e. The van der Waals surface area contributed by atoms with Crippen molar-refractivity contribution in [3.8, 4) is 5.75 Å². The number of benzene rings is 2. The number of hydrogen-bond donors (Lipinski definition) is 1. The van der Waals surface area contributed by atoms with E-state index in [1.165, 1.54) is 6.07 Å². The van der Waals surface area contributed by atoms with Crippen molar-refractivity contribution < 1.29 is 13.2 Å². The lowest BCUT2D eigenvalue weighted by atomic mass is 10.2. The van der Waals surface area contributed by atoms with Gasteiger partial charge in [0.25, 0.3) is 0 Å². The molecular weight excluding hydrogens is 250 g/mol. The lowest BCUT2D eigenvalue weighted by Gasteiger charge is -2.09. The average Bonchev–Trinajstić information content (AvgIpc) is 2.37. The summed E-state index contributed by atoms with van der Waals surface area (Å²) in [7, 11) is -3.72. The molecule has 5 heteroatoms. The SMILES string of the molecule is NS(=O)(=O)c1ccccc1COc1ccccc1. The van der Waals surface area contributed by atoms with Crippen LogP contribution < -0.4 is 9.88 Å². The number of primary sulfonamides is 1. The zero-order valence-corrected chi connectivity index (χ0v) is 10.4. The number of hydrogen-bond acceptors (Lipinski definition) is 3. The van der Waals surface area contributed by atoms with Crippen molar-refractivity contribution in [2.24, 2.45) is 5.14 Å². The summed E-state index contributed by atoms with van der Waals surface area (Å²) >= 11 is 0. The van der Waals surface area contributed by atoms with Crippen molar-refractivity contribution in [1.29, 1.82) is 0 Å². The molecule has 0 aliphatic carbocycles. The van der Waals surface area contributed by atoms with Crippen molar-refractivity contribution in [3.63, 3.8) is 0 Å². The van der Waals surface area contributed by atoms with E-state index in [9.17, 15) is 8.42 Å². The Labute approximate surface area is 106 Å². The monoisotopic (exact) mass is 263 g/mol. The minimum atomic E-state index is -3.72. The van der Waals surface area contributed by atoms with E-state index in [1.807, 2.05) is 18.2 Å². The van der Waals surface area contributed by atoms with Gasteiger partial charge in [0.1, 0.15) is 12.4 Å². The van der Waals surface area contributed by atoms with Gasteiger partial charge in [-0.15, -0.1) is 0 Å². The van der Waals surface area contributed by atoms with Crippen LogP contribution in [0.4, 0.5) is 0 Å². The summed E-state index contributed by atoms with van der Waals surface area (Å²) in [6.45, 7) is 0.163. The first-order chi connectivity index (χ1) is 8.57. The number of rotatable bonds is 4. The highest BCUT2D eigenvalue weighted by atomic mass is 32.2. The van der Waals surface area contributed by atoms with Crippen LogP contribution in [-0.4, -0.2) is 8.42 Å². The summed E-state index contributed by atoms with van der Waals surface area (Å²) in [6.07, 6.45) is 0. The van der Waals surface area contributed by atoms with Crippen molar-refractivity contribution in [3.05, 3.63) is 60.2 Å². The predicted molar refractivity (Wildman–Crippen MR) is 68.6 cm³/mol. The molecule has 2 N–H and O–H groups in total. The third-order valence-corrected chi connectivity index (χ3v) is 3.43. The molecule has 2 rings (SSSR count). The molecule has 4 nitrogen and oxygen atoms in total. The second-order valence-corrected chi connectivity index (χ2v) is 5.28. The van der Waals surface area contributed by atoms with E-state index in [-0.39, 0.29) is 11.5 Å². The van der Waals surface area contributed by atoms with Gasteiger partial charge in [0, 0.05) is 5.56 Å². The van der Waals surface area contributed by atoms with Crippen LogP contribution in [0, 0.1) is 0 Å². The van der Waals surface area contributed by atoms with Crippen LogP contribution in [0.5, 0.6) is 5.75 Å². The van der Waals surface area contributed by atoms with E-state index in [4.69, 9.17) is 9.88 Å². The molecule has 0 aliphatic rings. The lowest BCUT2D eigenvalue weighted by molar-refractivity contribution is 0.303. The first kappa shape index (κ1) is 12.6. The fraction of sp³-hybridized carbons (Fsp3) is 0.0769. The number of ether oxygens (including phenoxy) is 1. The number of para-hydroxylation sites is 1. The molecule has 94 valence electrons. The van der Waals surface area contributed by atoms with Gasteiger partial charge in [0.15, 0.2) is 0 Å². The first-order valence-corrected chi connectivity index (χ1v) is 6.90. The largest absolute Gasteiger partial charge is 0.489 e. The number of nitrogens with two attached hydrogens (primary N) is 1. The molecule has 0 atom stereocenters. The second kappa shape index (κ2) is 5.20. The molecule has 0 heterocycles. The molecule has 0 amide bonds. The fourth-order valence-corrected chi connectivity index (χ4v) is 2.34. The zero-order valence-electron chi connectivity index (χ0n) is 9.61. The van der Waals surface area contributed by atoms with Crippen LogP contribution in [-0.2, 0) is 16.6 Å². The maximum atomic E-state index is 11.4. The van der Waals surface area contributed by atoms with E-state index in [1.54, 1.807) is 30.3 Å². The summed E-state index contributed by atoms with van der Waals surface area (Å²) in [5.74, 6) is 0.682. The molecule has 18 heavy (non-hydrogen) atoms. The molecule has 0 aliphatic heterocycles. The van der Waals surface area contributed by atoms with Gasteiger partial charge >= 0.3 is 0 Å². The Morgan fingerprint density at radius 1 is 0.944 bits per heavy atom. The first-order valence-electron chi connectivity index (χ1n) is 5.36. The molecule has 0 fully saturated rings. The quantitative estimate of drug-likeness (QED) is 0.916. The standard InChI is InChI=1S/C13H13NO3S/c14-18(15,16)13-9-5-4-6-11(13)10-17-12-7-2-1-3-8-12/h1-9H,10H2,(H2,14,15,16). The van der Waals surface area contributed by atoms with Gasteiger partial charge in [0.2, 0.25) is 10.0 Å². The van der Waals surface area contributed by atoms with Crippen molar-refractivity contribution in [2.75, 3.05) is 0 Å². The Bertz CT molecular complexity index is 624. The third kappa shape index (κ3) is 3.09. The Balaban J connectivity index is 2.20. The molecule has 0 saturated carbocycles. The van der Waals surface area contributed by atoms with Crippen LogP contribution in [0.25, 0.3) is 0 Å². The lowest BCUT2D eigenvalue weighted by Crippen LogP contribution is -2.15. The summed E-state index contributed by atoms with van der Waals surface area (Å²) in [6, 6.07) is 15.7. The summed E-state index contributed by atoms with van der Waals surface area (Å²) < 4.78 is 28.3. The molecule has 0 saturated heterocycles. The highest BCUT2D eigenvalue weighted by molar-refractivity contribution is 7.89. The van der Waals surface area contributed by atoms with Gasteiger partial charge < -0.3 is 4.74 Å². The highest BCUT2D eigenvalue weighted by Crippen LogP contribution is 2.17. The highest BCUT2D eigenvalue weighted by Gasteiger charge is 2.13. The average molecular weight is 263 g/mol. The topological polar surface area (TPSA) is 69.4 Å². The summed E-state index contributed by atoms with van der Waals surface area (Å²) in [4.78, 5) is 0.0981. The minimum absolute atomic E-state index is 0.0981. The van der Waals surface area contributed by atoms with Crippen molar-refractivity contribution >= 4 is 10.0 Å². The van der Waals surface area contributed by atoms with E-state index in [0.717, 1.165) is 0 Å². The van der Waals surface area contributed by atoms with Crippen LogP contribution in [0.3, 0.4) is 0 Å². The van der Waals surface area contributed by atoms with Crippen LogP contribution in [0.15, 0.2) is 59.5 Å². The normalized spacial score (nSPS) is 11.2. The molecular formula is C13H13NO3S. The second-order valence-electron chi connectivity index (χ2n) is 3.75. The van der Waals surface area contributed by atoms with Gasteiger partial charge in [-0.05, 0) is 18.2 Å². The Hall–Kier alpha value is -1.85. The van der Waals surface area contributed by atoms with Crippen molar-refractivity contribution in [1.82, 2.24) is 0 Å². The van der Waals surface area contributed by atoms with Crippen LogP contribution in [0.1, 0.15) is 5.56 Å². The van der Waals surface area contributed by atoms with Gasteiger partial charge in [-0.1, -0.05) is 36.4 Å². The molecule has 0 spiro atoms. The van der Waals surface area contributed by atoms with Crippen molar-refractivity contribution in [2.45, 2.75) is 11.5 Å². The predicted octanol–water partition coefficient (Wildman–Crippen LogP) is 1.91. The maximum absolute atomic E-state index is 11.4. The van der Waals surface area contributed by atoms with Gasteiger partial charge in [-0.2, -0.15) is 0 Å². The number of sulfonamides is 1. The smallest absolute Gasteiger partial charge is 0.238 e. The molecule has 0 bridgehead atoms. The third-order valence-electron chi connectivity index (χ3n) is 2.42.